The number of carbonyl (C=O) groups excluding carboxylic acids is 2. The van der Waals surface area contributed by atoms with Gasteiger partial charge in [-0.1, -0.05) is 19.8 Å². The molecule has 0 aromatic carbocycles. The number of carbonyl (C=O) groups is 2. The predicted molar refractivity (Wildman–Crippen MR) is 98.1 cm³/mol. The molecule has 0 atom stereocenters. The molecule has 0 bridgehead atoms. The Bertz CT molecular complexity index is 476. The zero-order valence-electron chi connectivity index (χ0n) is 15.6. The Morgan fingerprint density at radius 2 is 1.72 bits per heavy atom. The molecule has 3 aliphatic rings. The maximum Gasteiger partial charge on any atom is 0.317 e. The Morgan fingerprint density at radius 1 is 1.08 bits per heavy atom. The third-order valence-electron chi connectivity index (χ3n) is 6.45. The lowest BCUT2D eigenvalue weighted by molar-refractivity contribution is -0.132. The first-order valence-corrected chi connectivity index (χ1v) is 10.1. The highest BCUT2D eigenvalue weighted by Crippen LogP contribution is 2.46. The number of nitrogens with two attached hydrogens (primary N) is 1. The van der Waals surface area contributed by atoms with Gasteiger partial charge in [0.1, 0.15) is 0 Å². The minimum atomic E-state index is -0.252. The van der Waals surface area contributed by atoms with Crippen molar-refractivity contribution in [2.24, 2.45) is 17.1 Å². The first kappa shape index (κ1) is 18.5. The molecule has 2 saturated heterocycles. The van der Waals surface area contributed by atoms with Crippen molar-refractivity contribution in [2.75, 3.05) is 32.7 Å². The highest BCUT2D eigenvalue weighted by Gasteiger charge is 2.44. The second-order valence-corrected chi connectivity index (χ2v) is 8.28. The molecule has 0 unspecified atom stereocenters. The molecule has 25 heavy (non-hydrogen) atoms. The molecule has 6 heteroatoms. The maximum atomic E-state index is 12.1. The van der Waals surface area contributed by atoms with Crippen LogP contribution in [-0.4, -0.2) is 60.5 Å². The summed E-state index contributed by atoms with van der Waals surface area (Å²) in [5.74, 6) is 0.658. The Morgan fingerprint density at radius 3 is 2.24 bits per heavy atom. The van der Waals surface area contributed by atoms with Crippen LogP contribution in [0.4, 0.5) is 4.79 Å². The second kappa shape index (κ2) is 7.94. The minimum Gasteiger partial charge on any atom is -0.369 e. The van der Waals surface area contributed by atoms with Crippen LogP contribution in [0.3, 0.4) is 0 Å². The number of hydrogen-bond acceptors (Lipinski definition) is 3. The monoisotopic (exact) mass is 350 g/mol. The summed E-state index contributed by atoms with van der Waals surface area (Å²) in [6.45, 7) is 6.43. The third-order valence-corrected chi connectivity index (χ3v) is 6.45. The fourth-order valence-electron chi connectivity index (χ4n) is 4.52. The minimum absolute atomic E-state index is 0.0797. The molecule has 3 fully saturated rings. The standard InChI is InChI=1S/C19H34N4O2/c1-2-9-21-18(25)23-10-5-16(6-11-23)22-12-7-19(8-13-22,17(20)24)14-15-3-4-15/h15-16H,2-14H2,1H3,(H2,20,24)(H,21,25). The van der Waals surface area contributed by atoms with Crippen LogP contribution in [0.25, 0.3) is 0 Å². The number of likely N-dealkylation sites (tertiary alicyclic amines) is 2. The molecular weight excluding hydrogens is 316 g/mol. The van der Waals surface area contributed by atoms with E-state index in [0.717, 1.165) is 77.2 Å². The molecule has 0 spiro atoms. The molecule has 3 rings (SSSR count). The molecule has 1 saturated carbocycles. The second-order valence-electron chi connectivity index (χ2n) is 8.28. The number of nitrogens with zero attached hydrogens (tertiary/aromatic N) is 2. The van der Waals surface area contributed by atoms with Gasteiger partial charge in [0.15, 0.2) is 0 Å². The van der Waals surface area contributed by atoms with Crippen molar-refractivity contribution >= 4 is 11.9 Å². The molecule has 142 valence electrons. The third kappa shape index (κ3) is 4.46. The molecule has 2 aliphatic heterocycles. The van der Waals surface area contributed by atoms with Crippen LogP contribution in [0, 0.1) is 11.3 Å². The molecular formula is C19H34N4O2. The fraction of sp³-hybridized carbons (Fsp3) is 0.895. The summed E-state index contributed by atoms with van der Waals surface area (Å²) in [7, 11) is 0. The largest absolute Gasteiger partial charge is 0.369 e. The zero-order valence-corrected chi connectivity index (χ0v) is 15.6. The molecule has 6 nitrogen and oxygen atoms in total. The number of nitrogens with one attached hydrogen (secondary N) is 1. The van der Waals surface area contributed by atoms with E-state index < -0.39 is 0 Å². The van der Waals surface area contributed by atoms with Crippen molar-refractivity contribution < 1.29 is 9.59 Å². The lowest BCUT2D eigenvalue weighted by Crippen LogP contribution is -2.54. The predicted octanol–water partition coefficient (Wildman–Crippen LogP) is 1.94. The average molecular weight is 351 g/mol. The van der Waals surface area contributed by atoms with Gasteiger partial charge in [-0.25, -0.2) is 4.79 Å². The summed E-state index contributed by atoms with van der Waals surface area (Å²) in [6.07, 6.45) is 8.42. The van der Waals surface area contributed by atoms with E-state index in [0.29, 0.717) is 6.04 Å². The summed E-state index contributed by atoms with van der Waals surface area (Å²) in [5, 5.41) is 2.97. The number of amides is 3. The quantitative estimate of drug-likeness (QED) is 0.768. The van der Waals surface area contributed by atoms with Crippen LogP contribution in [0.1, 0.15) is 58.3 Å². The van der Waals surface area contributed by atoms with Crippen molar-refractivity contribution in [1.82, 2.24) is 15.1 Å². The summed E-state index contributed by atoms with van der Waals surface area (Å²) < 4.78 is 0. The summed E-state index contributed by atoms with van der Waals surface area (Å²) in [6, 6.07) is 0.623. The van der Waals surface area contributed by atoms with Gasteiger partial charge in [0.05, 0.1) is 5.41 Å². The summed E-state index contributed by atoms with van der Waals surface area (Å²) in [5.41, 5.74) is 5.53. The van der Waals surface area contributed by atoms with Gasteiger partial charge in [-0.3, -0.25) is 4.79 Å². The van der Waals surface area contributed by atoms with Gasteiger partial charge in [0.2, 0.25) is 5.91 Å². The Balaban J connectivity index is 1.46. The van der Waals surface area contributed by atoms with Crippen molar-refractivity contribution in [3.8, 4) is 0 Å². The lowest BCUT2D eigenvalue weighted by atomic mass is 9.73. The smallest absolute Gasteiger partial charge is 0.317 e. The molecule has 0 aromatic rings. The Labute approximate surface area is 151 Å². The first-order valence-electron chi connectivity index (χ1n) is 10.1. The maximum absolute atomic E-state index is 12.1. The van der Waals surface area contributed by atoms with Crippen LogP contribution in [0.15, 0.2) is 0 Å². The normalized spacial score (nSPS) is 24.9. The van der Waals surface area contributed by atoms with Crippen LogP contribution in [0.2, 0.25) is 0 Å². The van der Waals surface area contributed by atoms with Crippen LogP contribution < -0.4 is 11.1 Å². The van der Waals surface area contributed by atoms with Gasteiger partial charge in [-0.2, -0.15) is 0 Å². The van der Waals surface area contributed by atoms with Gasteiger partial charge < -0.3 is 20.9 Å². The van der Waals surface area contributed by atoms with Crippen LogP contribution >= 0.6 is 0 Å². The van der Waals surface area contributed by atoms with E-state index in [1.807, 2.05) is 4.90 Å². The Hall–Kier alpha value is -1.30. The van der Waals surface area contributed by atoms with Crippen LogP contribution in [0.5, 0.6) is 0 Å². The Kier molecular flexibility index (Phi) is 5.87. The molecule has 3 N–H and O–H groups in total. The van der Waals surface area contributed by atoms with E-state index in [-0.39, 0.29) is 17.4 Å². The zero-order chi connectivity index (χ0) is 17.9. The highest BCUT2D eigenvalue weighted by atomic mass is 16.2. The number of piperidine rings is 2. The number of hydrogen-bond donors (Lipinski definition) is 2. The SMILES string of the molecule is CCCNC(=O)N1CCC(N2CCC(CC3CC3)(C(N)=O)CC2)CC1. The van der Waals surface area contributed by atoms with E-state index in [1.165, 1.54) is 12.8 Å². The lowest BCUT2D eigenvalue weighted by Gasteiger charge is -2.45. The summed E-state index contributed by atoms with van der Waals surface area (Å²) >= 11 is 0. The van der Waals surface area contributed by atoms with Crippen LogP contribution in [-0.2, 0) is 4.79 Å². The van der Waals surface area contributed by atoms with E-state index in [2.05, 4.69) is 17.1 Å². The van der Waals surface area contributed by atoms with Gasteiger partial charge >= 0.3 is 6.03 Å². The summed E-state index contributed by atoms with van der Waals surface area (Å²) in [4.78, 5) is 28.6. The highest BCUT2D eigenvalue weighted by molar-refractivity contribution is 5.81. The molecule has 3 amide bonds. The number of rotatable bonds is 6. The average Bonchev–Trinajstić information content (AvgIpc) is 3.44. The van der Waals surface area contributed by atoms with Crippen molar-refractivity contribution in [3.63, 3.8) is 0 Å². The fourth-order valence-corrected chi connectivity index (χ4v) is 4.52. The van der Waals surface area contributed by atoms with Gasteiger partial charge in [-0.05, 0) is 57.5 Å². The first-order chi connectivity index (χ1) is 12.0. The van der Waals surface area contributed by atoms with Crippen molar-refractivity contribution in [3.05, 3.63) is 0 Å². The molecule has 0 aromatic heterocycles. The molecule has 1 aliphatic carbocycles. The van der Waals surface area contributed by atoms with Gasteiger partial charge in [-0.15, -0.1) is 0 Å². The topological polar surface area (TPSA) is 78.7 Å². The van der Waals surface area contributed by atoms with E-state index in [1.54, 1.807) is 0 Å². The number of primary amides is 1. The molecule has 0 radical (unpaired) electrons. The van der Waals surface area contributed by atoms with E-state index in [9.17, 15) is 9.59 Å². The van der Waals surface area contributed by atoms with E-state index in [4.69, 9.17) is 5.73 Å². The number of urea groups is 1. The van der Waals surface area contributed by atoms with Crippen molar-refractivity contribution in [2.45, 2.75) is 64.3 Å². The molecule has 2 heterocycles. The van der Waals surface area contributed by atoms with Crippen molar-refractivity contribution in [1.29, 1.82) is 0 Å². The van der Waals surface area contributed by atoms with Gasteiger partial charge in [0, 0.05) is 25.7 Å². The van der Waals surface area contributed by atoms with Gasteiger partial charge in [0.25, 0.3) is 0 Å². The van der Waals surface area contributed by atoms with E-state index >= 15 is 0 Å².